The molecule has 0 unspecified atom stereocenters. The zero-order chi connectivity index (χ0) is 26.1. The van der Waals surface area contributed by atoms with E-state index in [9.17, 15) is 22.4 Å². The molecule has 0 atom stereocenters. The van der Waals surface area contributed by atoms with Crippen LogP contribution in [0.25, 0.3) is 5.69 Å². The second-order valence-corrected chi connectivity index (χ2v) is 10.8. The number of hydrogen-bond donors (Lipinski definition) is 2. The van der Waals surface area contributed by atoms with Gasteiger partial charge in [0.05, 0.1) is 30.3 Å². The third-order valence-corrected chi connectivity index (χ3v) is 5.72. The van der Waals surface area contributed by atoms with Crippen LogP contribution in [0, 0.1) is 24.6 Å². The van der Waals surface area contributed by atoms with Crippen LogP contribution in [-0.4, -0.2) is 31.3 Å². The maximum Gasteiger partial charge on any atom is 0.332 e. The predicted octanol–water partition coefficient (Wildman–Crippen LogP) is 3.05. The summed E-state index contributed by atoms with van der Waals surface area (Å²) in [5.41, 5.74) is 0.946. The first-order chi connectivity index (χ1) is 16.2. The summed E-state index contributed by atoms with van der Waals surface area (Å²) < 4.78 is 46.6. The second-order valence-electron chi connectivity index (χ2n) is 9.08. The molecule has 0 fully saturated rings. The summed E-state index contributed by atoms with van der Waals surface area (Å²) in [6, 6.07) is 7.20. The van der Waals surface area contributed by atoms with Crippen LogP contribution in [0.5, 0.6) is 5.75 Å². The van der Waals surface area contributed by atoms with Crippen molar-refractivity contribution in [1.29, 1.82) is 0 Å². The van der Waals surface area contributed by atoms with Crippen molar-refractivity contribution in [3.8, 4) is 23.3 Å². The molecule has 0 bridgehead atoms. The lowest BCUT2D eigenvalue weighted by atomic mass is 9.84. The summed E-state index contributed by atoms with van der Waals surface area (Å²) in [4.78, 5) is 26.1. The first-order valence-electron chi connectivity index (χ1n) is 10.5. The number of aromatic amines is 1. The minimum atomic E-state index is -3.64. The normalized spacial score (nSPS) is 11.5. The van der Waals surface area contributed by atoms with E-state index in [-0.39, 0.29) is 11.1 Å². The van der Waals surface area contributed by atoms with Gasteiger partial charge in [-0.2, -0.15) is 0 Å². The number of rotatable bonds is 4. The van der Waals surface area contributed by atoms with Crippen LogP contribution in [0.4, 0.5) is 10.1 Å². The van der Waals surface area contributed by atoms with Gasteiger partial charge in [0, 0.05) is 23.4 Å². The van der Waals surface area contributed by atoms with Gasteiger partial charge in [0.2, 0.25) is 10.0 Å². The molecule has 184 valence electrons. The zero-order valence-corrected chi connectivity index (χ0v) is 21.1. The van der Waals surface area contributed by atoms with Crippen LogP contribution >= 0.6 is 0 Å². The van der Waals surface area contributed by atoms with E-state index in [4.69, 9.17) is 4.74 Å². The Balaban J connectivity index is 2.22. The number of nitrogens with zero attached hydrogens (tertiary/aromatic N) is 1. The molecular formula is C25H26FN3O5S. The number of hydrogen-bond acceptors (Lipinski definition) is 5. The summed E-state index contributed by atoms with van der Waals surface area (Å²) in [6.07, 6.45) is 2.31. The highest BCUT2D eigenvalue weighted by Gasteiger charge is 2.23. The van der Waals surface area contributed by atoms with Crippen molar-refractivity contribution in [3.63, 3.8) is 0 Å². The number of methoxy groups -OCH3 is 1. The van der Waals surface area contributed by atoms with Gasteiger partial charge >= 0.3 is 5.69 Å². The molecule has 0 amide bonds. The van der Waals surface area contributed by atoms with Crippen molar-refractivity contribution in [2.75, 3.05) is 18.1 Å². The Kier molecular flexibility index (Phi) is 6.94. The Morgan fingerprint density at radius 2 is 1.74 bits per heavy atom. The maximum atomic E-state index is 14.5. The number of ether oxygens (including phenoxy) is 1. The standard InChI is InChI=1S/C25H26FN3O5S/c1-15-11-21(28-35(6,32)33)20(26)13-16(15)7-8-17-12-18(29-10-9-22(30)27-24(29)31)14-19(23(17)34-5)25(2,3)4/h9-14,28H,1-6H3,(H,27,30,31). The van der Waals surface area contributed by atoms with E-state index in [1.165, 1.54) is 30.0 Å². The van der Waals surface area contributed by atoms with Crippen molar-refractivity contribution in [1.82, 2.24) is 9.55 Å². The number of halogens is 1. The summed E-state index contributed by atoms with van der Waals surface area (Å²) in [7, 11) is -2.13. The number of aromatic nitrogens is 2. The molecule has 2 aromatic carbocycles. The minimum Gasteiger partial charge on any atom is -0.495 e. The van der Waals surface area contributed by atoms with Gasteiger partial charge in [-0.15, -0.1) is 0 Å². The highest BCUT2D eigenvalue weighted by atomic mass is 32.2. The molecule has 1 heterocycles. The third-order valence-electron chi connectivity index (χ3n) is 5.13. The molecule has 0 aliphatic carbocycles. The molecule has 8 nitrogen and oxygen atoms in total. The van der Waals surface area contributed by atoms with Gasteiger partial charge in [-0.1, -0.05) is 32.6 Å². The molecule has 0 radical (unpaired) electrons. The third kappa shape index (κ3) is 6.00. The molecule has 2 N–H and O–H groups in total. The fourth-order valence-corrected chi connectivity index (χ4v) is 4.03. The maximum absolute atomic E-state index is 14.5. The van der Waals surface area contributed by atoms with E-state index in [0.29, 0.717) is 28.1 Å². The Labute approximate surface area is 202 Å². The number of benzene rings is 2. The van der Waals surface area contributed by atoms with Crippen molar-refractivity contribution < 1.29 is 17.5 Å². The fraction of sp³-hybridized carbons (Fsp3) is 0.280. The Morgan fingerprint density at radius 1 is 1.09 bits per heavy atom. The van der Waals surface area contributed by atoms with Gasteiger partial charge in [0.25, 0.3) is 5.56 Å². The topological polar surface area (TPSA) is 110 Å². The highest BCUT2D eigenvalue weighted by molar-refractivity contribution is 7.92. The largest absolute Gasteiger partial charge is 0.495 e. The molecule has 1 aromatic heterocycles. The molecule has 10 heteroatoms. The first-order valence-corrected chi connectivity index (χ1v) is 12.4. The van der Waals surface area contributed by atoms with Gasteiger partial charge in [0.1, 0.15) is 11.6 Å². The minimum absolute atomic E-state index is 0.164. The van der Waals surface area contributed by atoms with Crippen LogP contribution in [0.2, 0.25) is 0 Å². The predicted molar refractivity (Wildman–Crippen MR) is 133 cm³/mol. The smallest absolute Gasteiger partial charge is 0.332 e. The zero-order valence-electron chi connectivity index (χ0n) is 20.2. The molecule has 3 rings (SSSR count). The average Bonchev–Trinajstić information content (AvgIpc) is 2.72. The quantitative estimate of drug-likeness (QED) is 0.536. The summed E-state index contributed by atoms with van der Waals surface area (Å²) in [5, 5.41) is 0. The molecule has 0 saturated carbocycles. The molecule has 0 saturated heterocycles. The molecular weight excluding hydrogens is 473 g/mol. The van der Waals surface area contributed by atoms with Crippen LogP contribution in [-0.2, 0) is 15.4 Å². The number of sulfonamides is 1. The lowest BCUT2D eigenvalue weighted by molar-refractivity contribution is 0.396. The Bertz CT molecular complexity index is 1590. The van der Waals surface area contributed by atoms with E-state index in [2.05, 4.69) is 21.5 Å². The lowest BCUT2D eigenvalue weighted by Crippen LogP contribution is -2.28. The lowest BCUT2D eigenvalue weighted by Gasteiger charge is -2.24. The Morgan fingerprint density at radius 3 is 2.31 bits per heavy atom. The molecule has 0 aliphatic rings. The van der Waals surface area contributed by atoms with Crippen molar-refractivity contribution in [2.24, 2.45) is 0 Å². The van der Waals surface area contributed by atoms with E-state index in [1.54, 1.807) is 19.1 Å². The van der Waals surface area contributed by atoms with Crippen molar-refractivity contribution in [3.05, 3.63) is 85.4 Å². The van der Waals surface area contributed by atoms with Gasteiger partial charge in [-0.3, -0.25) is 19.1 Å². The summed E-state index contributed by atoms with van der Waals surface area (Å²) >= 11 is 0. The molecule has 3 aromatic rings. The highest BCUT2D eigenvalue weighted by Crippen LogP contribution is 2.36. The monoisotopic (exact) mass is 499 g/mol. The summed E-state index contributed by atoms with van der Waals surface area (Å²) in [6.45, 7) is 7.63. The van der Waals surface area contributed by atoms with Crippen LogP contribution < -0.4 is 20.7 Å². The number of anilines is 1. The number of H-pyrrole nitrogens is 1. The SMILES string of the molecule is COc1c(C#Cc2cc(F)c(NS(C)(=O)=O)cc2C)cc(-n2ccc(=O)[nH]c2=O)cc1C(C)(C)C. The van der Waals surface area contributed by atoms with Gasteiger partial charge in [-0.05, 0) is 42.2 Å². The number of aryl methyl sites for hydroxylation is 1. The molecule has 0 aliphatic heterocycles. The van der Waals surface area contributed by atoms with Gasteiger partial charge in [-0.25, -0.2) is 17.6 Å². The number of nitrogens with one attached hydrogen (secondary N) is 2. The van der Waals surface area contributed by atoms with Crippen molar-refractivity contribution >= 4 is 15.7 Å². The molecule has 35 heavy (non-hydrogen) atoms. The second kappa shape index (κ2) is 9.43. The first kappa shape index (κ1) is 25.8. The van der Waals surface area contributed by atoms with Crippen LogP contribution in [0.1, 0.15) is 43.0 Å². The van der Waals surface area contributed by atoms with E-state index in [1.807, 2.05) is 20.8 Å². The Hall–Kier alpha value is -3.84. The van der Waals surface area contributed by atoms with Crippen LogP contribution in [0.3, 0.4) is 0 Å². The molecule has 0 spiro atoms. The van der Waals surface area contributed by atoms with E-state index >= 15 is 0 Å². The van der Waals surface area contributed by atoms with Gasteiger partial charge < -0.3 is 4.74 Å². The summed E-state index contributed by atoms with van der Waals surface area (Å²) in [5.74, 6) is 5.66. The van der Waals surface area contributed by atoms with Gasteiger partial charge in [0.15, 0.2) is 0 Å². The fourth-order valence-electron chi connectivity index (χ4n) is 3.47. The van der Waals surface area contributed by atoms with E-state index in [0.717, 1.165) is 17.9 Å². The van der Waals surface area contributed by atoms with Crippen molar-refractivity contribution in [2.45, 2.75) is 33.1 Å². The van der Waals surface area contributed by atoms with Crippen LogP contribution in [0.15, 0.2) is 46.1 Å². The van der Waals surface area contributed by atoms with E-state index < -0.39 is 27.1 Å². The average molecular weight is 500 g/mol.